The van der Waals surface area contributed by atoms with Gasteiger partial charge in [-0.05, 0) is 26.3 Å². The van der Waals surface area contributed by atoms with Gasteiger partial charge in [-0.3, -0.25) is 0 Å². The van der Waals surface area contributed by atoms with Crippen LogP contribution in [0.4, 0.5) is 0 Å². The van der Waals surface area contributed by atoms with Gasteiger partial charge in [0.15, 0.2) is 0 Å². The molecule has 2 atom stereocenters. The van der Waals surface area contributed by atoms with Gasteiger partial charge in [-0.2, -0.15) is 0 Å². The molecule has 2 heteroatoms. The molecular formula is C6H13NO. The minimum Gasteiger partial charge on any atom is -0.392 e. The summed E-state index contributed by atoms with van der Waals surface area (Å²) in [7, 11) is 1.90. The number of aliphatic hydroxyl groups excluding tert-OH is 1. The number of likely N-dealkylation sites (N-methyl/N-ethyl adjacent to an activating group) is 1. The van der Waals surface area contributed by atoms with Crippen LogP contribution < -0.4 is 5.32 Å². The molecule has 1 saturated carbocycles. The molecule has 0 aromatic carbocycles. The van der Waals surface area contributed by atoms with Crippen LogP contribution >= 0.6 is 0 Å². The molecule has 1 aliphatic carbocycles. The smallest absolute Gasteiger partial charge is 0.0693 e. The van der Waals surface area contributed by atoms with Crippen LogP contribution in [0.3, 0.4) is 0 Å². The van der Waals surface area contributed by atoms with E-state index < -0.39 is 0 Å². The second-order valence-corrected chi connectivity index (χ2v) is 2.39. The third-order valence-electron chi connectivity index (χ3n) is 1.85. The molecule has 0 amide bonds. The second-order valence-electron chi connectivity index (χ2n) is 2.39. The number of nitrogens with one attached hydrogen (secondary N) is 1. The summed E-state index contributed by atoms with van der Waals surface area (Å²) in [6, 6.07) is 0.370. The summed E-state index contributed by atoms with van der Waals surface area (Å²) in [5.41, 5.74) is 0. The average molecular weight is 115 g/mol. The van der Waals surface area contributed by atoms with Crippen molar-refractivity contribution in [2.24, 2.45) is 0 Å². The van der Waals surface area contributed by atoms with Crippen LogP contribution in [0.1, 0.15) is 19.3 Å². The molecule has 0 aromatic heterocycles. The van der Waals surface area contributed by atoms with Gasteiger partial charge in [0.1, 0.15) is 0 Å². The third-order valence-corrected chi connectivity index (χ3v) is 1.85. The minimum atomic E-state index is -0.0833. The summed E-state index contributed by atoms with van der Waals surface area (Å²) >= 11 is 0. The molecular weight excluding hydrogens is 102 g/mol. The lowest BCUT2D eigenvalue weighted by molar-refractivity contribution is 0.153. The normalized spacial score (nSPS) is 38.2. The first kappa shape index (κ1) is 6.05. The Morgan fingerprint density at radius 2 is 2.25 bits per heavy atom. The molecule has 0 heterocycles. The van der Waals surface area contributed by atoms with Crippen LogP contribution in [-0.4, -0.2) is 24.3 Å². The standard InChI is InChI=1S/C6H13NO/c1-7-5-3-2-4-6(5)8/h5-8H,2-4H2,1H3/t5?,6-/m1/s1. The van der Waals surface area contributed by atoms with E-state index in [-0.39, 0.29) is 6.10 Å². The summed E-state index contributed by atoms with van der Waals surface area (Å²) in [6.07, 6.45) is 3.20. The summed E-state index contributed by atoms with van der Waals surface area (Å²) in [5.74, 6) is 0. The van der Waals surface area contributed by atoms with E-state index in [9.17, 15) is 0 Å². The fraction of sp³-hybridized carbons (Fsp3) is 1.00. The lowest BCUT2D eigenvalue weighted by atomic mass is 10.2. The highest BCUT2D eigenvalue weighted by Gasteiger charge is 2.22. The Morgan fingerprint density at radius 1 is 1.50 bits per heavy atom. The van der Waals surface area contributed by atoms with E-state index in [1.807, 2.05) is 7.05 Å². The Labute approximate surface area is 49.9 Å². The van der Waals surface area contributed by atoms with Gasteiger partial charge in [0.2, 0.25) is 0 Å². The fourth-order valence-corrected chi connectivity index (χ4v) is 1.28. The summed E-state index contributed by atoms with van der Waals surface area (Å²) in [4.78, 5) is 0. The van der Waals surface area contributed by atoms with Gasteiger partial charge in [0, 0.05) is 6.04 Å². The summed E-state index contributed by atoms with van der Waals surface area (Å²) in [5, 5.41) is 12.2. The number of rotatable bonds is 1. The lowest BCUT2D eigenvalue weighted by Gasteiger charge is -2.11. The molecule has 48 valence electrons. The molecule has 0 bridgehead atoms. The molecule has 0 aromatic rings. The van der Waals surface area contributed by atoms with Crippen molar-refractivity contribution in [3.8, 4) is 0 Å². The molecule has 2 N–H and O–H groups in total. The highest BCUT2D eigenvalue weighted by atomic mass is 16.3. The molecule has 2 nitrogen and oxygen atoms in total. The Kier molecular flexibility index (Phi) is 1.86. The minimum absolute atomic E-state index is 0.0833. The molecule has 0 saturated heterocycles. The van der Waals surface area contributed by atoms with E-state index in [0.717, 1.165) is 12.8 Å². The van der Waals surface area contributed by atoms with E-state index >= 15 is 0 Å². The number of hydrogen-bond donors (Lipinski definition) is 2. The first-order chi connectivity index (χ1) is 3.84. The van der Waals surface area contributed by atoms with Gasteiger partial charge in [0.05, 0.1) is 6.10 Å². The maximum Gasteiger partial charge on any atom is 0.0693 e. The highest BCUT2D eigenvalue weighted by Crippen LogP contribution is 2.17. The van der Waals surface area contributed by atoms with Gasteiger partial charge >= 0.3 is 0 Å². The van der Waals surface area contributed by atoms with Crippen molar-refractivity contribution in [2.45, 2.75) is 31.4 Å². The zero-order valence-electron chi connectivity index (χ0n) is 5.22. The number of aliphatic hydroxyl groups is 1. The van der Waals surface area contributed by atoms with E-state index in [0.29, 0.717) is 6.04 Å². The van der Waals surface area contributed by atoms with E-state index in [1.54, 1.807) is 0 Å². The molecule has 1 fully saturated rings. The van der Waals surface area contributed by atoms with Crippen LogP contribution in [0.5, 0.6) is 0 Å². The summed E-state index contributed by atoms with van der Waals surface area (Å²) in [6.45, 7) is 0. The first-order valence-electron chi connectivity index (χ1n) is 3.20. The van der Waals surface area contributed by atoms with Crippen molar-refractivity contribution in [2.75, 3.05) is 7.05 Å². The fourth-order valence-electron chi connectivity index (χ4n) is 1.28. The predicted molar refractivity (Wildman–Crippen MR) is 32.7 cm³/mol. The lowest BCUT2D eigenvalue weighted by Crippen LogP contribution is -2.32. The van der Waals surface area contributed by atoms with Crippen molar-refractivity contribution in [1.82, 2.24) is 5.32 Å². The molecule has 8 heavy (non-hydrogen) atoms. The SMILES string of the molecule is CNC1CCC[C@H]1O. The maximum absolute atomic E-state index is 9.13. The molecule has 1 unspecified atom stereocenters. The topological polar surface area (TPSA) is 32.3 Å². The van der Waals surface area contributed by atoms with Crippen LogP contribution in [0.25, 0.3) is 0 Å². The highest BCUT2D eigenvalue weighted by molar-refractivity contribution is 4.80. The van der Waals surface area contributed by atoms with E-state index in [1.165, 1.54) is 6.42 Å². The average Bonchev–Trinajstić information content (AvgIpc) is 2.14. The molecule has 1 aliphatic rings. The number of hydrogen-bond acceptors (Lipinski definition) is 2. The van der Waals surface area contributed by atoms with Crippen molar-refractivity contribution in [3.63, 3.8) is 0 Å². The maximum atomic E-state index is 9.13. The molecule has 0 radical (unpaired) electrons. The Hall–Kier alpha value is -0.0800. The predicted octanol–water partition coefficient (Wildman–Crippen LogP) is 0.119. The Balaban J connectivity index is 2.30. The third kappa shape index (κ3) is 1.01. The quantitative estimate of drug-likeness (QED) is 0.508. The first-order valence-corrected chi connectivity index (χ1v) is 3.20. The van der Waals surface area contributed by atoms with Crippen molar-refractivity contribution >= 4 is 0 Å². The zero-order chi connectivity index (χ0) is 5.98. The second kappa shape index (κ2) is 2.46. The van der Waals surface area contributed by atoms with Crippen molar-refractivity contribution < 1.29 is 5.11 Å². The van der Waals surface area contributed by atoms with Gasteiger partial charge in [-0.25, -0.2) is 0 Å². The van der Waals surface area contributed by atoms with Gasteiger partial charge in [-0.1, -0.05) is 0 Å². The van der Waals surface area contributed by atoms with Crippen LogP contribution in [0, 0.1) is 0 Å². The van der Waals surface area contributed by atoms with Crippen molar-refractivity contribution in [3.05, 3.63) is 0 Å². The molecule has 0 spiro atoms. The largest absolute Gasteiger partial charge is 0.392 e. The summed E-state index contributed by atoms with van der Waals surface area (Å²) < 4.78 is 0. The Bertz CT molecular complexity index is 74.9. The van der Waals surface area contributed by atoms with Gasteiger partial charge < -0.3 is 10.4 Å². The van der Waals surface area contributed by atoms with E-state index in [2.05, 4.69) is 5.32 Å². The van der Waals surface area contributed by atoms with Crippen molar-refractivity contribution in [1.29, 1.82) is 0 Å². The van der Waals surface area contributed by atoms with E-state index in [4.69, 9.17) is 5.11 Å². The van der Waals surface area contributed by atoms with Crippen LogP contribution in [-0.2, 0) is 0 Å². The monoisotopic (exact) mass is 115 g/mol. The van der Waals surface area contributed by atoms with Crippen LogP contribution in [0.15, 0.2) is 0 Å². The molecule has 1 rings (SSSR count). The zero-order valence-corrected chi connectivity index (χ0v) is 5.22. The Morgan fingerprint density at radius 3 is 2.50 bits per heavy atom. The van der Waals surface area contributed by atoms with Gasteiger partial charge in [0.25, 0.3) is 0 Å². The van der Waals surface area contributed by atoms with Gasteiger partial charge in [-0.15, -0.1) is 0 Å². The van der Waals surface area contributed by atoms with Crippen LogP contribution in [0.2, 0.25) is 0 Å². The molecule has 0 aliphatic heterocycles.